The molecule has 4 rings (SSSR count). The first kappa shape index (κ1) is 14.2. The number of rotatable bonds is 3. The Labute approximate surface area is 133 Å². The van der Waals surface area contributed by atoms with Gasteiger partial charge in [0, 0.05) is 12.2 Å². The van der Waals surface area contributed by atoms with Crippen molar-refractivity contribution >= 4 is 22.7 Å². The first-order valence-electron chi connectivity index (χ1n) is 8.23. The molecule has 0 atom stereocenters. The molecule has 3 aromatic heterocycles. The van der Waals surface area contributed by atoms with Crippen molar-refractivity contribution < 1.29 is 4.79 Å². The second-order valence-corrected chi connectivity index (χ2v) is 6.32. The number of aromatic amines is 1. The maximum Gasteiger partial charge on any atom is 0.255 e. The summed E-state index contributed by atoms with van der Waals surface area (Å²) < 4.78 is 1.79. The van der Waals surface area contributed by atoms with Crippen molar-refractivity contribution in [3.8, 4) is 0 Å². The fraction of sp³-hybridized carbons (Fsp3) is 0.500. The van der Waals surface area contributed by atoms with E-state index in [1.165, 1.54) is 19.3 Å². The van der Waals surface area contributed by atoms with Crippen molar-refractivity contribution in [2.75, 3.05) is 0 Å². The average molecular weight is 312 g/mol. The van der Waals surface area contributed by atoms with Gasteiger partial charge in [-0.2, -0.15) is 0 Å². The number of carbonyl (C=O) groups excluding carboxylic acids is 1. The molecule has 7 heteroatoms. The Hall–Kier alpha value is -2.44. The van der Waals surface area contributed by atoms with Crippen LogP contribution in [-0.2, 0) is 0 Å². The zero-order chi connectivity index (χ0) is 15.8. The van der Waals surface area contributed by atoms with Crippen LogP contribution in [0, 0.1) is 5.92 Å². The second-order valence-electron chi connectivity index (χ2n) is 6.32. The van der Waals surface area contributed by atoms with Crippen LogP contribution in [0.1, 0.15) is 49.4 Å². The highest BCUT2D eigenvalue weighted by atomic mass is 16.1. The van der Waals surface area contributed by atoms with Gasteiger partial charge in [0.2, 0.25) is 0 Å². The van der Waals surface area contributed by atoms with Crippen LogP contribution in [0.25, 0.3) is 16.8 Å². The fourth-order valence-corrected chi connectivity index (χ4v) is 3.52. The third-order valence-corrected chi connectivity index (χ3v) is 4.96. The van der Waals surface area contributed by atoms with Crippen LogP contribution >= 0.6 is 0 Å². The highest BCUT2D eigenvalue weighted by molar-refractivity contribution is 6.05. The Bertz CT molecular complexity index is 843. The number of hydrogen-bond donors (Lipinski definition) is 2. The number of nitrogens with one attached hydrogen (secondary N) is 2. The summed E-state index contributed by atoms with van der Waals surface area (Å²) in [6, 6.07) is 0.267. The van der Waals surface area contributed by atoms with E-state index in [1.54, 1.807) is 23.1 Å². The molecule has 0 bridgehead atoms. The molecular formula is C16H20N6O. The number of amides is 1. The van der Waals surface area contributed by atoms with E-state index in [4.69, 9.17) is 0 Å². The maximum atomic E-state index is 12.7. The molecule has 0 aliphatic heterocycles. The Balaban J connectivity index is 1.59. The predicted octanol–water partition coefficient (Wildman–Crippen LogP) is 2.30. The lowest BCUT2D eigenvalue weighted by molar-refractivity contribution is 0.0923. The van der Waals surface area contributed by atoms with Crippen LogP contribution in [-0.4, -0.2) is 36.5 Å². The molecule has 1 fully saturated rings. The molecule has 0 radical (unpaired) electrons. The van der Waals surface area contributed by atoms with E-state index in [2.05, 4.69) is 32.4 Å². The maximum absolute atomic E-state index is 12.7. The van der Waals surface area contributed by atoms with Gasteiger partial charge in [0.15, 0.2) is 11.3 Å². The lowest BCUT2D eigenvalue weighted by atomic mass is 9.84. The van der Waals surface area contributed by atoms with Crippen LogP contribution in [0.15, 0.2) is 18.7 Å². The van der Waals surface area contributed by atoms with Gasteiger partial charge in [0.1, 0.15) is 11.8 Å². The molecule has 0 unspecified atom stereocenters. The highest BCUT2D eigenvalue weighted by Crippen LogP contribution is 2.27. The minimum atomic E-state index is -0.0563. The van der Waals surface area contributed by atoms with Gasteiger partial charge in [0.05, 0.1) is 11.8 Å². The van der Waals surface area contributed by atoms with Crippen molar-refractivity contribution in [3.63, 3.8) is 0 Å². The zero-order valence-corrected chi connectivity index (χ0v) is 13.1. The number of H-pyrrole nitrogens is 1. The van der Waals surface area contributed by atoms with Gasteiger partial charge in [0.25, 0.3) is 5.91 Å². The lowest BCUT2D eigenvalue weighted by Crippen LogP contribution is -2.37. The minimum absolute atomic E-state index is 0.0563. The number of carbonyl (C=O) groups is 1. The van der Waals surface area contributed by atoms with Crippen molar-refractivity contribution in [2.45, 2.75) is 45.1 Å². The van der Waals surface area contributed by atoms with Crippen LogP contribution < -0.4 is 5.32 Å². The standard InChI is InChI=1S/C16H20N6O/c1-2-10-3-5-11(6-4-10)20-16(23)12-7-17-15-14(12)22-9-19-21-13(22)8-18-15/h7-11,17H,2-6H2,1H3,(H,20,23). The first-order chi connectivity index (χ1) is 11.3. The molecule has 0 aromatic carbocycles. The third-order valence-electron chi connectivity index (χ3n) is 4.96. The topological polar surface area (TPSA) is 88.0 Å². The van der Waals surface area contributed by atoms with Crippen LogP contribution in [0.5, 0.6) is 0 Å². The molecule has 3 heterocycles. The fourth-order valence-electron chi connectivity index (χ4n) is 3.52. The van der Waals surface area contributed by atoms with Crippen LogP contribution in [0.2, 0.25) is 0 Å². The Morgan fingerprint density at radius 1 is 1.39 bits per heavy atom. The molecule has 120 valence electrons. The van der Waals surface area contributed by atoms with Crippen molar-refractivity contribution in [2.24, 2.45) is 5.92 Å². The van der Waals surface area contributed by atoms with E-state index in [9.17, 15) is 4.79 Å². The molecule has 0 saturated heterocycles. The minimum Gasteiger partial charge on any atom is -0.349 e. The van der Waals surface area contributed by atoms with Crippen molar-refractivity contribution in [3.05, 3.63) is 24.3 Å². The molecule has 0 spiro atoms. The summed E-state index contributed by atoms with van der Waals surface area (Å²) >= 11 is 0. The van der Waals surface area contributed by atoms with E-state index in [0.717, 1.165) is 24.3 Å². The normalized spacial score (nSPS) is 21.8. The molecule has 1 amide bonds. The third kappa shape index (κ3) is 2.46. The second kappa shape index (κ2) is 5.64. The SMILES string of the molecule is CCC1CCC(NC(=O)c2c[nH]c3ncc4nncn4c23)CC1. The first-order valence-corrected chi connectivity index (χ1v) is 8.23. The van der Waals surface area contributed by atoms with Gasteiger partial charge in [-0.3, -0.25) is 9.20 Å². The lowest BCUT2D eigenvalue weighted by Gasteiger charge is -2.28. The Kier molecular flexibility index (Phi) is 3.48. The quantitative estimate of drug-likeness (QED) is 0.777. The number of aromatic nitrogens is 5. The molecule has 23 heavy (non-hydrogen) atoms. The molecule has 1 aliphatic carbocycles. The number of hydrogen-bond acceptors (Lipinski definition) is 4. The zero-order valence-electron chi connectivity index (χ0n) is 13.1. The van der Waals surface area contributed by atoms with Gasteiger partial charge in [-0.05, 0) is 31.6 Å². The summed E-state index contributed by atoms with van der Waals surface area (Å²) in [5, 5.41) is 11.1. The van der Waals surface area contributed by atoms with Crippen molar-refractivity contribution in [1.29, 1.82) is 0 Å². The molecule has 3 aromatic rings. The van der Waals surface area contributed by atoms with E-state index < -0.39 is 0 Å². The smallest absolute Gasteiger partial charge is 0.255 e. The molecule has 1 saturated carbocycles. The summed E-state index contributed by atoms with van der Waals surface area (Å²) in [7, 11) is 0. The van der Waals surface area contributed by atoms with Crippen LogP contribution in [0.4, 0.5) is 0 Å². The van der Waals surface area contributed by atoms with Gasteiger partial charge < -0.3 is 10.3 Å². The predicted molar refractivity (Wildman–Crippen MR) is 86.1 cm³/mol. The average Bonchev–Trinajstić information content (AvgIpc) is 3.21. The summed E-state index contributed by atoms with van der Waals surface area (Å²) in [5.74, 6) is 0.760. The molecule has 2 N–H and O–H groups in total. The molecule has 1 aliphatic rings. The van der Waals surface area contributed by atoms with E-state index in [1.807, 2.05) is 0 Å². The Morgan fingerprint density at radius 2 is 2.22 bits per heavy atom. The van der Waals surface area contributed by atoms with Gasteiger partial charge in [-0.25, -0.2) is 4.98 Å². The van der Waals surface area contributed by atoms with E-state index >= 15 is 0 Å². The monoisotopic (exact) mass is 312 g/mol. The van der Waals surface area contributed by atoms with Crippen LogP contribution in [0.3, 0.4) is 0 Å². The van der Waals surface area contributed by atoms with Crippen molar-refractivity contribution in [1.82, 2.24) is 29.9 Å². The Morgan fingerprint density at radius 3 is 3.00 bits per heavy atom. The highest BCUT2D eigenvalue weighted by Gasteiger charge is 2.23. The van der Waals surface area contributed by atoms with E-state index in [-0.39, 0.29) is 11.9 Å². The van der Waals surface area contributed by atoms with E-state index in [0.29, 0.717) is 16.9 Å². The largest absolute Gasteiger partial charge is 0.349 e. The number of nitrogens with zero attached hydrogens (tertiary/aromatic N) is 4. The number of fused-ring (bicyclic) bond motifs is 3. The molecular weight excluding hydrogens is 292 g/mol. The summed E-state index contributed by atoms with van der Waals surface area (Å²) in [6.07, 6.45) is 10.7. The summed E-state index contributed by atoms with van der Waals surface area (Å²) in [5.41, 5.74) is 2.62. The van der Waals surface area contributed by atoms with Gasteiger partial charge >= 0.3 is 0 Å². The molecule has 7 nitrogen and oxygen atoms in total. The summed E-state index contributed by atoms with van der Waals surface area (Å²) in [4.78, 5) is 20.0. The van der Waals surface area contributed by atoms with Gasteiger partial charge in [-0.15, -0.1) is 10.2 Å². The summed E-state index contributed by atoms with van der Waals surface area (Å²) in [6.45, 7) is 2.24. The van der Waals surface area contributed by atoms with Gasteiger partial charge in [-0.1, -0.05) is 13.3 Å².